The molecule has 0 heterocycles. The molecule has 1 aliphatic carbocycles. The summed E-state index contributed by atoms with van der Waals surface area (Å²) in [6.07, 6.45) is 6.70. The monoisotopic (exact) mass is 201 g/mol. The Morgan fingerprint density at radius 1 is 1.29 bits per heavy atom. The van der Waals surface area contributed by atoms with E-state index in [1.807, 2.05) is 0 Å². The molecule has 0 bridgehead atoms. The van der Waals surface area contributed by atoms with Gasteiger partial charge in [-0.25, -0.2) is 4.39 Å². The van der Waals surface area contributed by atoms with Crippen molar-refractivity contribution in [3.63, 3.8) is 0 Å². The highest BCUT2D eigenvalue weighted by molar-refractivity contribution is 4.87. The summed E-state index contributed by atoms with van der Waals surface area (Å²) in [4.78, 5) is 0. The molecule has 0 spiro atoms. The summed E-state index contributed by atoms with van der Waals surface area (Å²) < 4.78 is 12.0. The summed E-state index contributed by atoms with van der Waals surface area (Å²) >= 11 is 0. The van der Waals surface area contributed by atoms with E-state index in [-0.39, 0.29) is 6.67 Å². The zero-order valence-electron chi connectivity index (χ0n) is 9.61. The molecule has 0 radical (unpaired) electrons. The van der Waals surface area contributed by atoms with E-state index in [1.54, 1.807) is 0 Å². The number of halogens is 1. The molecule has 0 aromatic carbocycles. The molecule has 84 valence electrons. The largest absolute Gasteiger partial charge is 0.314 e. The van der Waals surface area contributed by atoms with Crippen LogP contribution in [0.2, 0.25) is 0 Å². The van der Waals surface area contributed by atoms with Gasteiger partial charge < -0.3 is 5.32 Å². The van der Waals surface area contributed by atoms with Crippen molar-refractivity contribution in [1.82, 2.24) is 5.32 Å². The molecule has 0 unspecified atom stereocenters. The molecule has 0 atom stereocenters. The Bertz CT molecular complexity index is 150. The van der Waals surface area contributed by atoms with Crippen molar-refractivity contribution >= 4 is 0 Å². The highest BCUT2D eigenvalue weighted by atomic mass is 19.1. The first-order valence-corrected chi connectivity index (χ1v) is 5.95. The minimum atomic E-state index is -0.238. The third-order valence-corrected chi connectivity index (χ3v) is 3.28. The molecule has 0 aromatic heterocycles. The van der Waals surface area contributed by atoms with Crippen molar-refractivity contribution in [2.24, 2.45) is 11.3 Å². The quantitative estimate of drug-likeness (QED) is 0.651. The van der Waals surface area contributed by atoms with Gasteiger partial charge in [0.2, 0.25) is 0 Å². The summed E-state index contributed by atoms with van der Waals surface area (Å²) in [5, 5.41) is 3.25. The van der Waals surface area contributed by atoms with Crippen LogP contribution in [0.1, 0.15) is 46.0 Å². The third-order valence-electron chi connectivity index (χ3n) is 3.28. The van der Waals surface area contributed by atoms with E-state index in [9.17, 15) is 4.39 Å². The molecule has 1 N–H and O–H groups in total. The number of alkyl halides is 1. The van der Waals surface area contributed by atoms with Crippen LogP contribution >= 0.6 is 0 Å². The van der Waals surface area contributed by atoms with Crippen molar-refractivity contribution in [2.75, 3.05) is 19.8 Å². The van der Waals surface area contributed by atoms with E-state index in [1.165, 1.54) is 32.1 Å². The fraction of sp³-hybridized carbons (Fsp3) is 1.00. The lowest BCUT2D eigenvalue weighted by Crippen LogP contribution is -2.34. The van der Waals surface area contributed by atoms with Crippen molar-refractivity contribution in [3.05, 3.63) is 0 Å². The van der Waals surface area contributed by atoms with Crippen LogP contribution in [-0.4, -0.2) is 19.8 Å². The molecule has 1 nitrogen and oxygen atoms in total. The van der Waals surface area contributed by atoms with E-state index < -0.39 is 0 Å². The summed E-state index contributed by atoms with van der Waals surface area (Å²) in [6, 6.07) is 0. The second-order valence-corrected chi connectivity index (χ2v) is 5.17. The van der Waals surface area contributed by atoms with Gasteiger partial charge in [0.1, 0.15) is 6.67 Å². The number of rotatable bonds is 6. The first-order valence-electron chi connectivity index (χ1n) is 5.95. The van der Waals surface area contributed by atoms with Gasteiger partial charge in [0.25, 0.3) is 0 Å². The molecule has 0 saturated heterocycles. The highest BCUT2D eigenvalue weighted by Gasteiger charge is 2.33. The second kappa shape index (κ2) is 5.69. The molecular formula is C12H24FN. The Labute approximate surface area is 87.5 Å². The van der Waals surface area contributed by atoms with Crippen LogP contribution in [0, 0.1) is 11.3 Å². The Hall–Kier alpha value is -0.110. The molecule has 1 saturated carbocycles. The third kappa shape index (κ3) is 3.56. The molecule has 1 rings (SSSR count). The molecular weight excluding hydrogens is 177 g/mol. The summed E-state index contributed by atoms with van der Waals surface area (Å²) in [7, 11) is 0. The van der Waals surface area contributed by atoms with Gasteiger partial charge in [-0.05, 0) is 30.6 Å². The molecule has 14 heavy (non-hydrogen) atoms. The van der Waals surface area contributed by atoms with Crippen molar-refractivity contribution in [3.8, 4) is 0 Å². The Morgan fingerprint density at radius 2 is 1.93 bits per heavy atom. The molecule has 0 aromatic rings. The van der Waals surface area contributed by atoms with Crippen molar-refractivity contribution in [2.45, 2.75) is 46.0 Å². The van der Waals surface area contributed by atoms with Gasteiger partial charge in [0, 0.05) is 13.1 Å². The van der Waals surface area contributed by atoms with Gasteiger partial charge in [0.05, 0.1) is 0 Å². The predicted octanol–water partition coefficient (Wildman–Crippen LogP) is 3.15. The van der Waals surface area contributed by atoms with Gasteiger partial charge in [-0.2, -0.15) is 0 Å². The maximum absolute atomic E-state index is 12.0. The van der Waals surface area contributed by atoms with Gasteiger partial charge in [-0.15, -0.1) is 0 Å². The van der Waals surface area contributed by atoms with Crippen LogP contribution in [0.3, 0.4) is 0 Å². The lowest BCUT2D eigenvalue weighted by atomic mass is 9.78. The van der Waals surface area contributed by atoms with Gasteiger partial charge in [0.15, 0.2) is 0 Å². The van der Waals surface area contributed by atoms with Gasteiger partial charge >= 0.3 is 0 Å². The average Bonchev–Trinajstić information content (AvgIpc) is 2.53. The fourth-order valence-electron chi connectivity index (χ4n) is 2.86. The van der Waals surface area contributed by atoms with E-state index in [4.69, 9.17) is 0 Å². The fourth-order valence-corrected chi connectivity index (χ4v) is 2.86. The second-order valence-electron chi connectivity index (χ2n) is 5.17. The van der Waals surface area contributed by atoms with E-state index in [2.05, 4.69) is 19.2 Å². The first kappa shape index (κ1) is 12.0. The van der Waals surface area contributed by atoms with Crippen LogP contribution in [0.5, 0.6) is 0 Å². The number of hydrogen-bond donors (Lipinski definition) is 1. The standard InChI is InChI=1S/C12H24FN/c1-11(2)9-12(5-3-4-6-12)10-14-8-7-13/h11,14H,3-10H2,1-2H3. The summed E-state index contributed by atoms with van der Waals surface area (Å²) in [5.74, 6) is 0.764. The topological polar surface area (TPSA) is 12.0 Å². The summed E-state index contributed by atoms with van der Waals surface area (Å²) in [6.45, 7) is 5.89. The Morgan fingerprint density at radius 3 is 2.43 bits per heavy atom. The summed E-state index contributed by atoms with van der Waals surface area (Å²) in [5.41, 5.74) is 0.489. The number of nitrogens with one attached hydrogen (secondary N) is 1. The van der Waals surface area contributed by atoms with Crippen LogP contribution in [0.4, 0.5) is 4.39 Å². The molecule has 0 amide bonds. The average molecular weight is 201 g/mol. The van der Waals surface area contributed by atoms with Gasteiger partial charge in [-0.1, -0.05) is 26.7 Å². The van der Waals surface area contributed by atoms with Crippen LogP contribution in [0.25, 0.3) is 0 Å². The highest BCUT2D eigenvalue weighted by Crippen LogP contribution is 2.42. The minimum absolute atomic E-state index is 0.238. The maximum atomic E-state index is 12.0. The van der Waals surface area contributed by atoms with E-state index >= 15 is 0 Å². The SMILES string of the molecule is CC(C)CC1(CNCCF)CCCC1. The Balaban J connectivity index is 2.36. The molecule has 0 aliphatic heterocycles. The minimum Gasteiger partial charge on any atom is -0.314 e. The number of hydrogen-bond acceptors (Lipinski definition) is 1. The maximum Gasteiger partial charge on any atom is 0.102 e. The van der Waals surface area contributed by atoms with E-state index in [0.717, 1.165) is 12.5 Å². The zero-order valence-corrected chi connectivity index (χ0v) is 9.61. The Kier molecular flexibility index (Phi) is 4.86. The van der Waals surface area contributed by atoms with Crippen molar-refractivity contribution in [1.29, 1.82) is 0 Å². The molecule has 1 aliphatic rings. The molecule has 2 heteroatoms. The lowest BCUT2D eigenvalue weighted by Gasteiger charge is -2.31. The van der Waals surface area contributed by atoms with Crippen LogP contribution < -0.4 is 5.32 Å². The lowest BCUT2D eigenvalue weighted by molar-refractivity contribution is 0.222. The first-order chi connectivity index (χ1) is 6.68. The van der Waals surface area contributed by atoms with Crippen molar-refractivity contribution < 1.29 is 4.39 Å². The molecule has 1 fully saturated rings. The zero-order chi connectivity index (χ0) is 10.4. The van der Waals surface area contributed by atoms with Crippen LogP contribution in [-0.2, 0) is 0 Å². The van der Waals surface area contributed by atoms with Crippen LogP contribution in [0.15, 0.2) is 0 Å². The van der Waals surface area contributed by atoms with E-state index in [0.29, 0.717) is 12.0 Å². The predicted molar refractivity (Wildman–Crippen MR) is 59.2 cm³/mol. The normalized spacial score (nSPS) is 20.6. The van der Waals surface area contributed by atoms with Gasteiger partial charge in [-0.3, -0.25) is 0 Å². The smallest absolute Gasteiger partial charge is 0.102 e.